The van der Waals surface area contributed by atoms with E-state index in [-0.39, 0.29) is 5.41 Å². The largest absolute Gasteiger partial charge is 0.497 e. The Labute approximate surface area is 114 Å². The zero-order chi connectivity index (χ0) is 13.3. The molecular formula is C16H21NO2. The second kappa shape index (κ2) is 4.97. The first-order chi connectivity index (χ1) is 9.24. The van der Waals surface area contributed by atoms with Gasteiger partial charge in [-0.25, -0.2) is 0 Å². The maximum atomic E-state index is 12.0. The predicted molar refractivity (Wildman–Crippen MR) is 74.5 cm³/mol. The highest BCUT2D eigenvalue weighted by atomic mass is 16.5. The molecule has 1 saturated carbocycles. The lowest BCUT2D eigenvalue weighted by atomic mass is 9.59. The molecule has 0 amide bonds. The van der Waals surface area contributed by atoms with Crippen LogP contribution in [0.2, 0.25) is 0 Å². The van der Waals surface area contributed by atoms with E-state index in [0.29, 0.717) is 18.1 Å². The lowest BCUT2D eigenvalue weighted by molar-refractivity contribution is -0.124. The zero-order valence-electron chi connectivity index (χ0n) is 11.4. The molecular weight excluding hydrogens is 238 g/mol. The third-order valence-electron chi connectivity index (χ3n) is 4.85. The number of ether oxygens (including phenoxy) is 1. The molecule has 0 aromatic heterocycles. The summed E-state index contributed by atoms with van der Waals surface area (Å²) in [5.41, 5.74) is 1.32. The van der Waals surface area contributed by atoms with E-state index in [4.69, 9.17) is 4.74 Å². The van der Waals surface area contributed by atoms with Gasteiger partial charge >= 0.3 is 0 Å². The van der Waals surface area contributed by atoms with Crippen molar-refractivity contribution in [1.29, 1.82) is 0 Å². The van der Waals surface area contributed by atoms with Crippen molar-refractivity contribution in [2.45, 2.75) is 31.1 Å². The van der Waals surface area contributed by atoms with Gasteiger partial charge in [0.1, 0.15) is 11.5 Å². The van der Waals surface area contributed by atoms with Crippen LogP contribution in [-0.2, 0) is 10.2 Å². The van der Waals surface area contributed by atoms with Gasteiger partial charge in [-0.2, -0.15) is 0 Å². The Kier molecular flexibility index (Phi) is 3.31. The Bertz CT molecular complexity index is 485. The molecule has 0 radical (unpaired) electrons. The maximum Gasteiger partial charge on any atom is 0.133 e. The van der Waals surface area contributed by atoms with E-state index in [1.54, 1.807) is 7.11 Å². The van der Waals surface area contributed by atoms with Crippen LogP contribution >= 0.6 is 0 Å². The second-order valence-electron chi connectivity index (χ2n) is 5.79. The van der Waals surface area contributed by atoms with Gasteiger partial charge in [-0.15, -0.1) is 0 Å². The van der Waals surface area contributed by atoms with Crippen molar-refractivity contribution in [3.63, 3.8) is 0 Å². The molecule has 1 N–H and O–H groups in total. The predicted octanol–water partition coefficient (Wildman–Crippen LogP) is 2.30. The van der Waals surface area contributed by atoms with Crippen LogP contribution in [0.1, 0.15) is 31.2 Å². The van der Waals surface area contributed by atoms with Crippen molar-refractivity contribution >= 4 is 5.78 Å². The van der Waals surface area contributed by atoms with E-state index < -0.39 is 0 Å². The number of piperidine rings is 1. The number of hydrogen-bond acceptors (Lipinski definition) is 3. The normalized spacial score (nSPS) is 30.8. The fourth-order valence-electron chi connectivity index (χ4n) is 3.79. The monoisotopic (exact) mass is 259 g/mol. The van der Waals surface area contributed by atoms with E-state index in [1.165, 1.54) is 5.56 Å². The first kappa shape index (κ1) is 12.7. The summed E-state index contributed by atoms with van der Waals surface area (Å²) in [6.07, 6.45) is 3.52. The Morgan fingerprint density at radius 1 is 1.42 bits per heavy atom. The van der Waals surface area contributed by atoms with Crippen LogP contribution in [0.4, 0.5) is 0 Å². The quantitative estimate of drug-likeness (QED) is 0.885. The number of methoxy groups -OCH3 is 1. The molecule has 1 aliphatic heterocycles. The third-order valence-corrected chi connectivity index (χ3v) is 4.85. The van der Waals surface area contributed by atoms with Crippen molar-refractivity contribution in [1.82, 2.24) is 5.32 Å². The fourth-order valence-corrected chi connectivity index (χ4v) is 3.79. The first-order valence-electron chi connectivity index (χ1n) is 7.11. The number of nitrogens with one attached hydrogen (secondary N) is 1. The second-order valence-corrected chi connectivity index (χ2v) is 5.79. The number of ketones is 1. The number of benzene rings is 1. The summed E-state index contributed by atoms with van der Waals surface area (Å²) in [5, 5.41) is 3.48. The number of hydrogen-bond donors (Lipinski definition) is 1. The minimum atomic E-state index is 0.0368. The molecule has 1 aliphatic carbocycles. The topological polar surface area (TPSA) is 38.3 Å². The zero-order valence-corrected chi connectivity index (χ0v) is 11.4. The molecule has 2 atom stereocenters. The maximum absolute atomic E-state index is 12.0. The molecule has 3 heteroatoms. The van der Waals surface area contributed by atoms with Gasteiger partial charge in [-0.05, 0) is 49.5 Å². The molecule has 1 aromatic carbocycles. The van der Waals surface area contributed by atoms with Crippen LogP contribution in [-0.4, -0.2) is 26.0 Å². The van der Waals surface area contributed by atoms with Crippen LogP contribution in [0.15, 0.2) is 24.3 Å². The van der Waals surface area contributed by atoms with Crippen LogP contribution in [0.3, 0.4) is 0 Å². The highest BCUT2D eigenvalue weighted by Crippen LogP contribution is 2.46. The van der Waals surface area contributed by atoms with Crippen LogP contribution in [0.5, 0.6) is 5.75 Å². The molecule has 0 spiro atoms. The summed E-state index contributed by atoms with van der Waals surface area (Å²) in [5.74, 6) is 1.88. The van der Waals surface area contributed by atoms with Crippen molar-refractivity contribution in [2.75, 3.05) is 20.2 Å². The Morgan fingerprint density at radius 2 is 2.32 bits per heavy atom. The lowest BCUT2D eigenvalue weighted by Crippen LogP contribution is -2.51. The first-order valence-corrected chi connectivity index (χ1v) is 7.11. The molecule has 1 saturated heterocycles. The lowest BCUT2D eigenvalue weighted by Gasteiger charge is -2.47. The fraction of sp³-hybridized carbons (Fsp3) is 0.562. The van der Waals surface area contributed by atoms with Gasteiger partial charge in [0.05, 0.1) is 7.11 Å². The van der Waals surface area contributed by atoms with Gasteiger partial charge in [0.15, 0.2) is 0 Å². The van der Waals surface area contributed by atoms with Gasteiger partial charge in [-0.3, -0.25) is 4.79 Å². The summed E-state index contributed by atoms with van der Waals surface area (Å²) in [7, 11) is 1.70. The summed E-state index contributed by atoms with van der Waals surface area (Å²) in [4.78, 5) is 12.0. The third kappa shape index (κ3) is 2.16. The van der Waals surface area contributed by atoms with E-state index in [9.17, 15) is 4.79 Å². The molecule has 3 rings (SSSR count). The molecule has 1 heterocycles. The van der Waals surface area contributed by atoms with Crippen LogP contribution in [0.25, 0.3) is 0 Å². The molecule has 0 unspecified atom stereocenters. The van der Waals surface area contributed by atoms with Crippen LogP contribution in [0, 0.1) is 5.92 Å². The van der Waals surface area contributed by atoms with Gasteiger partial charge in [-0.1, -0.05) is 12.1 Å². The molecule has 102 valence electrons. The highest BCUT2D eigenvalue weighted by Gasteiger charge is 2.46. The molecule has 19 heavy (non-hydrogen) atoms. The molecule has 3 nitrogen and oxygen atoms in total. The number of carbonyl (C=O) groups is 1. The SMILES string of the molecule is COc1cccc([C@@]23CCNC[C@@H]2CCC(=O)C3)c1. The average Bonchev–Trinajstić information content (AvgIpc) is 2.47. The number of Topliss-reactive ketones (excluding diaryl/α,β-unsaturated/α-hetero) is 1. The summed E-state index contributed by atoms with van der Waals surface area (Å²) >= 11 is 0. The van der Waals surface area contributed by atoms with Crippen molar-refractivity contribution in [3.05, 3.63) is 29.8 Å². The van der Waals surface area contributed by atoms with Gasteiger partial charge in [0.2, 0.25) is 0 Å². The van der Waals surface area contributed by atoms with E-state index in [2.05, 4.69) is 17.4 Å². The van der Waals surface area contributed by atoms with Crippen molar-refractivity contribution < 1.29 is 9.53 Å². The van der Waals surface area contributed by atoms with E-state index in [0.717, 1.165) is 38.1 Å². The van der Waals surface area contributed by atoms with Crippen LogP contribution < -0.4 is 10.1 Å². The standard InChI is InChI=1S/C16H21NO2/c1-19-15-4-2-3-12(9-15)16-7-8-17-11-13(16)5-6-14(18)10-16/h2-4,9,13,17H,5-8,10-11H2,1H3/t13-,16-/m0/s1. The highest BCUT2D eigenvalue weighted by molar-refractivity contribution is 5.81. The Hall–Kier alpha value is -1.35. The Morgan fingerprint density at radius 3 is 3.16 bits per heavy atom. The molecule has 2 aliphatic rings. The summed E-state index contributed by atoms with van der Waals surface area (Å²) < 4.78 is 5.35. The van der Waals surface area contributed by atoms with E-state index in [1.807, 2.05) is 12.1 Å². The van der Waals surface area contributed by atoms with Gasteiger partial charge in [0, 0.05) is 18.3 Å². The minimum Gasteiger partial charge on any atom is -0.497 e. The molecule has 2 fully saturated rings. The van der Waals surface area contributed by atoms with Gasteiger partial charge in [0.25, 0.3) is 0 Å². The summed E-state index contributed by atoms with van der Waals surface area (Å²) in [6.45, 7) is 2.03. The molecule has 0 bridgehead atoms. The number of fused-ring (bicyclic) bond motifs is 1. The minimum absolute atomic E-state index is 0.0368. The number of rotatable bonds is 2. The van der Waals surface area contributed by atoms with Gasteiger partial charge < -0.3 is 10.1 Å². The molecule has 1 aromatic rings. The van der Waals surface area contributed by atoms with Crippen molar-refractivity contribution in [3.8, 4) is 5.75 Å². The van der Waals surface area contributed by atoms with E-state index >= 15 is 0 Å². The smallest absolute Gasteiger partial charge is 0.133 e. The average molecular weight is 259 g/mol. The van der Waals surface area contributed by atoms with Crippen molar-refractivity contribution in [2.24, 2.45) is 5.92 Å². The Balaban J connectivity index is 2.02. The summed E-state index contributed by atoms with van der Waals surface area (Å²) in [6, 6.07) is 8.30. The number of carbonyl (C=O) groups excluding carboxylic acids is 1.